The normalized spacial score (nSPS) is 10.9. The van der Waals surface area contributed by atoms with E-state index < -0.39 is 0 Å². The molecule has 0 atom stereocenters. The van der Waals surface area contributed by atoms with Crippen molar-refractivity contribution in [2.24, 2.45) is 0 Å². The fraction of sp³-hybridized carbons (Fsp3) is 0.190. The Morgan fingerprint density at radius 3 is 2.58 bits per heavy atom. The summed E-state index contributed by atoms with van der Waals surface area (Å²) in [5.74, 6) is 0.893. The van der Waals surface area contributed by atoms with Crippen LogP contribution in [0.5, 0.6) is 0 Å². The molecule has 128 valence electrons. The van der Waals surface area contributed by atoms with E-state index in [2.05, 4.69) is 28.2 Å². The van der Waals surface area contributed by atoms with E-state index in [0.29, 0.717) is 17.3 Å². The van der Waals surface area contributed by atoms with Crippen LogP contribution in [0.2, 0.25) is 0 Å². The van der Waals surface area contributed by atoms with Gasteiger partial charge in [-0.3, -0.25) is 0 Å². The number of fused-ring (bicyclic) bond motifs is 1. The second-order valence-electron chi connectivity index (χ2n) is 6.28. The lowest BCUT2D eigenvalue weighted by Gasteiger charge is -2.04. The number of H-pyrrole nitrogens is 1. The fourth-order valence-corrected chi connectivity index (χ4v) is 3.04. The summed E-state index contributed by atoms with van der Waals surface area (Å²) in [6.45, 7) is 2.14. The van der Waals surface area contributed by atoms with Crippen LogP contribution in [0.25, 0.3) is 33.8 Å². The van der Waals surface area contributed by atoms with Gasteiger partial charge in [0.15, 0.2) is 0 Å². The zero-order valence-electron chi connectivity index (χ0n) is 14.5. The molecule has 2 aromatic carbocycles. The molecule has 0 unspecified atom stereocenters. The molecule has 0 bridgehead atoms. The first-order chi connectivity index (χ1) is 12.8. The summed E-state index contributed by atoms with van der Waals surface area (Å²) in [5.41, 5.74) is 4.44. The lowest BCUT2D eigenvalue weighted by atomic mass is 10.0. The standard InChI is InChI=1S/C21H18N4O/c1-2-3-4-14-5-6-16(12-18(14)13-22)20-24-25-21(26-20)17-7-8-19-15(11-17)9-10-23-19/h5-12,23H,2-4H2,1H3. The van der Waals surface area contributed by atoms with Gasteiger partial charge in [0, 0.05) is 28.2 Å². The molecule has 4 rings (SSSR count). The Balaban J connectivity index is 1.66. The third-order valence-corrected chi connectivity index (χ3v) is 4.50. The summed E-state index contributed by atoms with van der Waals surface area (Å²) in [4.78, 5) is 3.16. The van der Waals surface area contributed by atoms with Gasteiger partial charge in [-0.15, -0.1) is 10.2 Å². The lowest BCUT2D eigenvalue weighted by molar-refractivity contribution is 0.584. The highest BCUT2D eigenvalue weighted by molar-refractivity contribution is 5.83. The van der Waals surface area contributed by atoms with Crippen LogP contribution < -0.4 is 0 Å². The molecule has 0 radical (unpaired) electrons. The lowest BCUT2D eigenvalue weighted by Crippen LogP contribution is -1.91. The van der Waals surface area contributed by atoms with Crippen LogP contribution in [0.15, 0.2) is 53.1 Å². The molecule has 0 amide bonds. The van der Waals surface area contributed by atoms with Gasteiger partial charge in [0.05, 0.1) is 11.6 Å². The molecule has 5 heteroatoms. The van der Waals surface area contributed by atoms with Gasteiger partial charge in [-0.25, -0.2) is 0 Å². The van der Waals surface area contributed by atoms with Gasteiger partial charge < -0.3 is 9.40 Å². The van der Waals surface area contributed by atoms with Gasteiger partial charge in [0.25, 0.3) is 0 Å². The Labute approximate surface area is 151 Å². The molecule has 0 aliphatic heterocycles. The smallest absolute Gasteiger partial charge is 0.248 e. The molecular weight excluding hydrogens is 324 g/mol. The van der Waals surface area contributed by atoms with Gasteiger partial charge in [-0.2, -0.15) is 5.26 Å². The molecule has 26 heavy (non-hydrogen) atoms. The predicted octanol–water partition coefficient (Wildman–Crippen LogP) is 5.10. The largest absolute Gasteiger partial charge is 0.416 e. The second-order valence-corrected chi connectivity index (χ2v) is 6.28. The van der Waals surface area contributed by atoms with Crippen molar-refractivity contribution < 1.29 is 4.42 Å². The Morgan fingerprint density at radius 1 is 1.04 bits per heavy atom. The Kier molecular flexibility index (Phi) is 4.24. The Hall–Kier alpha value is -3.39. The van der Waals surface area contributed by atoms with Gasteiger partial charge in [-0.05, 0) is 54.8 Å². The number of aromatic amines is 1. The predicted molar refractivity (Wildman–Crippen MR) is 100 cm³/mol. The molecule has 4 aromatic rings. The molecule has 0 saturated heterocycles. The molecule has 0 spiro atoms. The SMILES string of the molecule is CCCCc1ccc(-c2nnc(-c3ccc4[nH]ccc4c3)o2)cc1C#N. The number of aromatic nitrogens is 3. The van der Waals surface area contributed by atoms with Crippen molar-refractivity contribution in [2.75, 3.05) is 0 Å². The molecule has 0 saturated carbocycles. The van der Waals surface area contributed by atoms with E-state index >= 15 is 0 Å². The maximum Gasteiger partial charge on any atom is 0.248 e. The van der Waals surface area contributed by atoms with Crippen LogP contribution in [0.1, 0.15) is 30.9 Å². The summed E-state index contributed by atoms with van der Waals surface area (Å²) in [5, 5.41) is 18.9. The summed E-state index contributed by atoms with van der Waals surface area (Å²) >= 11 is 0. The third kappa shape index (κ3) is 2.98. The first-order valence-corrected chi connectivity index (χ1v) is 8.73. The van der Waals surface area contributed by atoms with E-state index in [4.69, 9.17) is 4.42 Å². The number of hydrogen-bond donors (Lipinski definition) is 1. The van der Waals surface area contributed by atoms with Crippen molar-refractivity contribution in [3.63, 3.8) is 0 Å². The second kappa shape index (κ2) is 6.85. The number of nitriles is 1. The van der Waals surface area contributed by atoms with E-state index in [0.717, 1.165) is 46.9 Å². The fourth-order valence-electron chi connectivity index (χ4n) is 3.04. The first-order valence-electron chi connectivity index (χ1n) is 8.73. The molecule has 0 fully saturated rings. The van der Waals surface area contributed by atoms with Gasteiger partial charge in [0.2, 0.25) is 11.8 Å². The van der Waals surface area contributed by atoms with Crippen LogP contribution in [0.4, 0.5) is 0 Å². The first kappa shape index (κ1) is 16.1. The monoisotopic (exact) mass is 342 g/mol. The van der Waals surface area contributed by atoms with Crippen molar-refractivity contribution in [3.8, 4) is 29.0 Å². The number of nitrogens with one attached hydrogen (secondary N) is 1. The maximum atomic E-state index is 9.43. The number of rotatable bonds is 5. The highest BCUT2D eigenvalue weighted by atomic mass is 16.4. The van der Waals surface area contributed by atoms with E-state index in [1.165, 1.54) is 0 Å². The molecule has 0 aliphatic carbocycles. The minimum atomic E-state index is 0.424. The molecule has 2 aromatic heterocycles. The number of benzene rings is 2. The Morgan fingerprint density at radius 2 is 1.81 bits per heavy atom. The van der Waals surface area contributed by atoms with Crippen LogP contribution in [0.3, 0.4) is 0 Å². The van der Waals surface area contributed by atoms with E-state index in [9.17, 15) is 5.26 Å². The summed E-state index contributed by atoms with van der Waals surface area (Å²) in [6, 6.07) is 16.0. The van der Waals surface area contributed by atoms with Gasteiger partial charge in [-0.1, -0.05) is 19.4 Å². The quantitative estimate of drug-likeness (QED) is 0.547. The highest BCUT2D eigenvalue weighted by Crippen LogP contribution is 2.27. The van der Waals surface area contributed by atoms with E-state index in [1.807, 2.05) is 48.7 Å². The molecule has 2 heterocycles. The zero-order chi connectivity index (χ0) is 17.9. The topological polar surface area (TPSA) is 78.5 Å². The highest BCUT2D eigenvalue weighted by Gasteiger charge is 2.13. The number of aryl methyl sites for hydroxylation is 1. The van der Waals surface area contributed by atoms with Crippen LogP contribution >= 0.6 is 0 Å². The van der Waals surface area contributed by atoms with Gasteiger partial charge >= 0.3 is 0 Å². The van der Waals surface area contributed by atoms with Gasteiger partial charge in [0.1, 0.15) is 0 Å². The van der Waals surface area contributed by atoms with Crippen molar-refractivity contribution in [2.45, 2.75) is 26.2 Å². The average Bonchev–Trinajstić information content (AvgIpc) is 3.34. The number of hydrogen-bond acceptors (Lipinski definition) is 4. The number of unbranched alkanes of at least 4 members (excludes halogenated alkanes) is 1. The van der Waals surface area contributed by atoms with Crippen molar-refractivity contribution in [1.29, 1.82) is 5.26 Å². The summed E-state index contributed by atoms with van der Waals surface area (Å²) in [7, 11) is 0. The van der Waals surface area contributed by atoms with Crippen molar-refractivity contribution in [3.05, 3.63) is 59.8 Å². The third-order valence-electron chi connectivity index (χ3n) is 4.50. The summed E-state index contributed by atoms with van der Waals surface area (Å²) < 4.78 is 5.86. The van der Waals surface area contributed by atoms with E-state index in [1.54, 1.807) is 0 Å². The minimum absolute atomic E-state index is 0.424. The molecule has 5 nitrogen and oxygen atoms in total. The average molecular weight is 342 g/mol. The zero-order valence-corrected chi connectivity index (χ0v) is 14.5. The molecule has 0 aliphatic rings. The van der Waals surface area contributed by atoms with Crippen LogP contribution in [-0.2, 0) is 6.42 Å². The Bertz CT molecular complexity index is 1100. The van der Waals surface area contributed by atoms with Crippen molar-refractivity contribution in [1.82, 2.24) is 15.2 Å². The number of nitrogens with zero attached hydrogens (tertiary/aromatic N) is 3. The summed E-state index contributed by atoms with van der Waals surface area (Å²) in [6.07, 6.45) is 4.98. The van der Waals surface area contributed by atoms with Crippen molar-refractivity contribution >= 4 is 10.9 Å². The maximum absolute atomic E-state index is 9.43. The van der Waals surface area contributed by atoms with Crippen LogP contribution in [-0.4, -0.2) is 15.2 Å². The minimum Gasteiger partial charge on any atom is -0.416 e. The molecule has 1 N–H and O–H groups in total. The van der Waals surface area contributed by atoms with E-state index in [-0.39, 0.29) is 0 Å². The van der Waals surface area contributed by atoms with Crippen LogP contribution in [0, 0.1) is 11.3 Å². The molecular formula is C21H18N4O.